The van der Waals surface area contributed by atoms with Gasteiger partial charge in [-0.25, -0.2) is 4.98 Å². The molecule has 1 fully saturated rings. The number of nitrogens with zero attached hydrogens (tertiary/aromatic N) is 3. The Morgan fingerprint density at radius 3 is 2.67 bits per heavy atom. The topological polar surface area (TPSA) is 45.4 Å². The van der Waals surface area contributed by atoms with Crippen LogP contribution in [0.4, 0.5) is 5.13 Å². The van der Waals surface area contributed by atoms with Gasteiger partial charge in [-0.1, -0.05) is 30.7 Å². The molecule has 1 saturated heterocycles. The van der Waals surface area contributed by atoms with Gasteiger partial charge in [0, 0.05) is 31.6 Å². The molecule has 1 aromatic rings. The first-order valence-corrected chi connectivity index (χ1v) is 7.67. The number of aromatic nitrogens is 1. The summed E-state index contributed by atoms with van der Waals surface area (Å²) in [6.45, 7) is 5.95. The van der Waals surface area contributed by atoms with Crippen molar-refractivity contribution in [1.29, 1.82) is 0 Å². The Hall–Kier alpha value is -0.430. The van der Waals surface area contributed by atoms with Crippen molar-refractivity contribution in [3.63, 3.8) is 0 Å². The van der Waals surface area contributed by atoms with Crippen LogP contribution in [0.5, 0.6) is 0 Å². The molecule has 1 aliphatic heterocycles. The number of hydrogen-bond donors (Lipinski definition) is 1. The van der Waals surface area contributed by atoms with Gasteiger partial charge < -0.3 is 10.6 Å². The van der Waals surface area contributed by atoms with Crippen molar-refractivity contribution >= 4 is 45.3 Å². The number of hydrogen-bond acceptors (Lipinski definition) is 5. The predicted octanol–water partition coefficient (Wildman–Crippen LogP) is 1.98. The molecule has 1 aromatic heterocycles. The van der Waals surface area contributed by atoms with Crippen LogP contribution >= 0.6 is 35.2 Å². The molecule has 2 N–H and O–H groups in total. The first-order valence-electron chi connectivity index (χ1n) is 6.01. The fraction of sp³-hybridized carbons (Fsp3) is 0.636. The van der Waals surface area contributed by atoms with Crippen LogP contribution in [0.15, 0.2) is 5.38 Å². The van der Waals surface area contributed by atoms with Crippen LogP contribution in [-0.2, 0) is 0 Å². The molecule has 0 aliphatic carbocycles. The van der Waals surface area contributed by atoms with Crippen molar-refractivity contribution in [2.24, 2.45) is 5.73 Å². The van der Waals surface area contributed by atoms with E-state index in [1.165, 1.54) is 0 Å². The second-order valence-electron chi connectivity index (χ2n) is 4.30. The summed E-state index contributed by atoms with van der Waals surface area (Å²) in [6, 6.07) is 0.224. The van der Waals surface area contributed by atoms with Gasteiger partial charge in [-0.3, -0.25) is 4.90 Å². The molecule has 0 radical (unpaired) electrons. The number of rotatable bonds is 4. The van der Waals surface area contributed by atoms with Crippen molar-refractivity contribution in [3.05, 3.63) is 10.5 Å². The van der Waals surface area contributed by atoms with Crippen molar-refractivity contribution in [2.45, 2.75) is 19.4 Å². The molecule has 1 unspecified atom stereocenters. The van der Waals surface area contributed by atoms with Crippen molar-refractivity contribution in [3.8, 4) is 0 Å². The first kappa shape index (κ1) is 14.0. The Morgan fingerprint density at radius 1 is 1.56 bits per heavy atom. The smallest absolute Gasteiger partial charge is 0.186 e. The van der Waals surface area contributed by atoms with Crippen LogP contribution in [0.25, 0.3) is 0 Å². The fourth-order valence-corrected chi connectivity index (χ4v) is 3.57. The molecule has 100 valence electrons. The van der Waals surface area contributed by atoms with Crippen molar-refractivity contribution in [1.82, 2.24) is 9.88 Å². The maximum absolute atomic E-state index is 5.85. The zero-order valence-electron chi connectivity index (χ0n) is 10.3. The van der Waals surface area contributed by atoms with Crippen LogP contribution in [0.1, 0.15) is 13.3 Å². The van der Waals surface area contributed by atoms with E-state index in [0.717, 1.165) is 37.7 Å². The molecule has 18 heavy (non-hydrogen) atoms. The van der Waals surface area contributed by atoms with E-state index in [-0.39, 0.29) is 6.04 Å². The van der Waals surface area contributed by atoms with Gasteiger partial charge in [0.15, 0.2) is 5.13 Å². The minimum atomic E-state index is 0.224. The average Bonchev–Trinajstić information content (AvgIpc) is 2.77. The van der Waals surface area contributed by atoms with Gasteiger partial charge in [0.25, 0.3) is 0 Å². The Kier molecular flexibility index (Phi) is 4.77. The van der Waals surface area contributed by atoms with Crippen LogP contribution in [0.2, 0.25) is 5.15 Å². The molecule has 7 heteroatoms. The molecular weight excluding hydrogens is 288 g/mol. The lowest BCUT2D eigenvalue weighted by molar-refractivity contribution is 0.224. The summed E-state index contributed by atoms with van der Waals surface area (Å²) in [5, 5.41) is 3.45. The molecule has 0 saturated carbocycles. The maximum atomic E-state index is 5.85. The van der Waals surface area contributed by atoms with Crippen LogP contribution < -0.4 is 10.6 Å². The van der Waals surface area contributed by atoms with Gasteiger partial charge in [-0.2, -0.15) is 0 Å². The number of anilines is 1. The molecule has 0 spiro atoms. The lowest BCUT2D eigenvalue weighted by Crippen LogP contribution is -2.53. The van der Waals surface area contributed by atoms with Gasteiger partial charge >= 0.3 is 0 Å². The van der Waals surface area contributed by atoms with E-state index in [0.29, 0.717) is 10.1 Å². The minimum absolute atomic E-state index is 0.224. The second kappa shape index (κ2) is 6.14. The van der Waals surface area contributed by atoms with E-state index in [9.17, 15) is 0 Å². The third-order valence-electron chi connectivity index (χ3n) is 3.20. The summed E-state index contributed by atoms with van der Waals surface area (Å²) >= 11 is 12.6. The third-order valence-corrected chi connectivity index (χ3v) is 4.70. The molecule has 2 rings (SSSR count). The standard InChI is InChI=1S/C11H17ClN4S2/c1-2-8(10(13)17)15-3-5-16(6-4-15)11-14-9(12)7-18-11/h7-8H,2-6H2,1H3,(H2,13,17). The zero-order valence-corrected chi connectivity index (χ0v) is 12.7. The van der Waals surface area contributed by atoms with E-state index >= 15 is 0 Å². The highest BCUT2D eigenvalue weighted by Gasteiger charge is 2.25. The van der Waals surface area contributed by atoms with E-state index in [2.05, 4.69) is 21.7 Å². The predicted molar refractivity (Wildman–Crippen MR) is 81.8 cm³/mol. The van der Waals surface area contributed by atoms with Crippen LogP contribution in [0.3, 0.4) is 0 Å². The highest BCUT2D eigenvalue weighted by molar-refractivity contribution is 7.80. The third kappa shape index (κ3) is 3.12. The quantitative estimate of drug-likeness (QED) is 0.862. The van der Waals surface area contributed by atoms with Gasteiger partial charge in [0.1, 0.15) is 5.15 Å². The van der Waals surface area contributed by atoms with E-state index in [1.807, 2.05) is 5.38 Å². The Morgan fingerprint density at radius 2 is 2.22 bits per heavy atom. The Labute approximate surface area is 122 Å². The van der Waals surface area contributed by atoms with E-state index in [4.69, 9.17) is 29.6 Å². The molecule has 2 heterocycles. The molecule has 0 amide bonds. The molecule has 1 atom stereocenters. The molecule has 0 bridgehead atoms. The zero-order chi connectivity index (χ0) is 13.1. The van der Waals surface area contributed by atoms with Crippen molar-refractivity contribution in [2.75, 3.05) is 31.1 Å². The summed E-state index contributed by atoms with van der Waals surface area (Å²) in [4.78, 5) is 9.52. The van der Waals surface area contributed by atoms with Gasteiger partial charge in [-0.15, -0.1) is 11.3 Å². The van der Waals surface area contributed by atoms with Crippen LogP contribution in [-0.4, -0.2) is 47.1 Å². The first-order chi connectivity index (χ1) is 8.61. The Balaban J connectivity index is 1.93. The normalized spacial score (nSPS) is 18.9. The van der Waals surface area contributed by atoms with E-state index < -0.39 is 0 Å². The van der Waals surface area contributed by atoms with Crippen molar-refractivity contribution < 1.29 is 0 Å². The van der Waals surface area contributed by atoms with E-state index in [1.54, 1.807) is 11.3 Å². The SMILES string of the molecule is CCC(C(N)=S)N1CCN(c2nc(Cl)cs2)CC1. The number of thiazole rings is 1. The number of piperazine rings is 1. The molecule has 1 aliphatic rings. The summed E-state index contributed by atoms with van der Waals surface area (Å²) < 4.78 is 0. The molecule has 4 nitrogen and oxygen atoms in total. The maximum Gasteiger partial charge on any atom is 0.186 e. The highest BCUT2D eigenvalue weighted by Crippen LogP contribution is 2.24. The summed E-state index contributed by atoms with van der Waals surface area (Å²) in [5.74, 6) is 0. The van der Waals surface area contributed by atoms with Gasteiger partial charge in [0.2, 0.25) is 0 Å². The number of nitrogens with two attached hydrogens (primary N) is 1. The summed E-state index contributed by atoms with van der Waals surface area (Å²) in [6.07, 6.45) is 0.971. The van der Waals surface area contributed by atoms with Crippen LogP contribution in [0, 0.1) is 0 Å². The highest BCUT2D eigenvalue weighted by atomic mass is 35.5. The average molecular weight is 305 g/mol. The lowest BCUT2D eigenvalue weighted by atomic mass is 10.1. The summed E-state index contributed by atoms with van der Waals surface area (Å²) in [7, 11) is 0. The molecule has 0 aromatic carbocycles. The molecular formula is C11H17ClN4S2. The van der Waals surface area contributed by atoms with Gasteiger partial charge in [0.05, 0.1) is 11.0 Å². The van der Waals surface area contributed by atoms with Gasteiger partial charge in [-0.05, 0) is 6.42 Å². The minimum Gasteiger partial charge on any atom is -0.392 e. The number of halogens is 1. The Bertz CT molecular complexity index is 415. The number of thiocarbonyl (C=S) groups is 1. The largest absolute Gasteiger partial charge is 0.392 e. The lowest BCUT2D eigenvalue weighted by Gasteiger charge is -2.38. The summed E-state index contributed by atoms with van der Waals surface area (Å²) in [5.41, 5.74) is 5.78. The monoisotopic (exact) mass is 304 g/mol. The second-order valence-corrected chi connectivity index (χ2v) is 6.00. The fourth-order valence-electron chi connectivity index (χ4n) is 2.25.